The number of hydrogen-bond donors (Lipinski definition) is 1. The van der Waals surface area contributed by atoms with E-state index >= 15 is 0 Å². The molecule has 1 heterocycles. The fourth-order valence-electron chi connectivity index (χ4n) is 4.54. The molecule has 0 radical (unpaired) electrons. The quantitative estimate of drug-likeness (QED) is 0.198. The molecule has 0 bridgehead atoms. The Morgan fingerprint density at radius 1 is 0.974 bits per heavy atom. The van der Waals surface area contributed by atoms with Crippen molar-refractivity contribution in [2.45, 2.75) is 22.9 Å². The lowest BCUT2D eigenvalue weighted by Crippen LogP contribution is -2.12. The number of fused-ring (bicyclic) bond motifs is 2. The van der Waals surface area contributed by atoms with Gasteiger partial charge in [-0.05, 0) is 55.2 Å². The van der Waals surface area contributed by atoms with Crippen molar-refractivity contribution in [3.8, 4) is 11.5 Å². The zero-order chi connectivity index (χ0) is 26.7. The standard InChI is InChI=1S/C29H28ClN3O4S.ClH/c1-31-14-7-15-37-26-18-23(36-2)17-25-28(26)33(19-20-8-5-11-22(30)16-20)32-29(25)38(34,35)27-13-6-10-21-9-3-4-12-24(21)27;/h3-6,8-13,16-18,31H,7,14-15,19H2,1-2H3;1H. The minimum Gasteiger partial charge on any atom is -0.497 e. The lowest BCUT2D eigenvalue weighted by Gasteiger charge is -2.12. The van der Waals surface area contributed by atoms with Crippen molar-refractivity contribution in [1.82, 2.24) is 15.1 Å². The molecule has 10 heteroatoms. The summed E-state index contributed by atoms with van der Waals surface area (Å²) in [4.78, 5) is 0.198. The average Bonchev–Trinajstić information content (AvgIpc) is 3.29. The van der Waals surface area contributed by atoms with Crippen molar-refractivity contribution >= 4 is 55.5 Å². The zero-order valence-electron chi connectivity index (χ0n) is 21.6. The van der Waals surface area contributed by atoms with Crippen LogP contribution < -0.4 is 14.8 Å². The normalized spacial score (nSPS) is 11.5. The summed E-state index contributed by atoms with van der Waals surface area (Å²) in [5, 5.41) is 10.2. The van der Waals surface area contributed by atoms with Gasteiger partial charge >= 0.3 is 0 Å². The SMILES string of the molecule is CNCCCOc1cc(OC)cc2c(S(=O)(=O)c3cccc4ccccc34)nn(Cc3cccc(Cl)c3)c12.Cl. The van der Waals surface area contributed by atoms with E-state index in [1.54, 1.807) is 42.1 Å². The highest BCUT2D eigenvalue weighted by Crippen LogP contribution is 2.38. The zero-order valence-corrected chi connectivity index (χ0v) is 23.9. The summed E-state index contributed by atoms with van der Waals surface area (Å²) < 4.78 is 41.8. The van der Waals surface area contributed by atoms with E-state index in [-0.39, 0.29) is 22.3 Å². The van der Waals surface area contributed by atoms with Gasteiger partial charge in [-0.3, -0.25) is 4.68 Å². The van der Waals surface area contributed by atoms with Gasteiger partial charge in [0.2, 0.25) is 9.84 Å². The van der Waals surface area contributed by atoms with Crippen LogP contribution >= 0.6 is 24.0 Å². The Morgan fingerprint density at radius 3 is 2.51 bits per heavy atom. The number of nitrogens with zero attached hydrogens (tertiary/aromatic N) is 2. The molecule has 0 fully saturated rings. The number of hydrogen-bond acceptors (Lipinski definition) is 6. The first kappa shape index (κ1) is 28.7. The second-order valence-corrected chi connectivity index (χ2v) is 11.2. The van der Waals surface area contributed by atoms with Gasteiger partial charge in [-0.2, -0.15) is 5.10 Å². The average molecular weight is 587 g/mol. The van der Waals surface area contributed by atoms with Crippen LogP contribution in [0.5, 0.6) is 11.5 Å². The van der Waals surface area contributed by atoms with Crippen LogP contribution in [-0.2, 0) is 16.4 Å². The lowest BCUT2D eigenvalue weighted by molar-refractivity contribution is 0.309. The monoisotopic (exact) mass is 585 g/mol. The molecule has 0 spiro atoms. The molecule has 5 aromatic rings. The fourth-order valence-corrected chi connectivity index (χ4v) is 6.35. The molecule has 204 valence electrons. The van der Waals surface area contributed by atoms with Crippen LogP contribution in [0.15, 0.2) is 88.8 Å². The van der Waals surface area contributed by atoms with Crippen molar-refractivity contribution < 1.29 is 17.9 Å². The van der Waals surface area contributed by atoms with E-state index < -0.39 is 9.84 Å². The molecule has 4 aromatic carbocycles. The Balaban J connectivity index is 0.00000353. The maximum atomic E-state index is 14.2. The van der Waals surface area contributed by atoms with E-state index in [2.05, 4.69) is 10.4 Å². The molecule has 5 rings (SSSR count). The number of halogens is 2. The highest BCUT2D eigenvalue weighted by atomic mass is 35.5. The molecule has 0 atom stereocenters. The summed E-state index contributed by atoms with van der Waals surface area (Å²) in [6.07, 6.45) is 0.777. The summed E-state index contributed by atoms with van der Waals surface area (Å²) >= 11 is 6.24. The summed E-state index contributed by atoms with van der Waals surface area (Å²) in [5.74, 6) is 0.988. The highest BCUT2D eigenvalue weighted by molar-refractivity contribution is 7.91. The molecule has 0 amide bonds. The summed E-state index contributed by atoms with van der Waals surface area (Å²) in [7, 11) is -0.596. The third kappa shape index (κ3) is 5.84. The highest BCUT2D eigenvalue weighted by Gasteiger charge is 2.29. The van der Waals surface area contributed by atoms with E-state index in [1.807, 2.05) is 55.6 Å². The third-order valence-corrected chi connectivity index (χ3v) is 8.31. The number of methoxy groups -OCH3 is 1. The summed E-state index contributed by atoms with van der Waals surface area (Å²) in [6, 6.07) is 23.6. The molecule has 0 aliphatic heterocycles. The lowest BCUT2D eigenvalue weighted by atomic mass is 10.1. The minimum atomic E-state index is -4.02. The first-order valence-electron chi connectivity index (χ1n) is 12.3. The number of rotatable bonds is 10. The first-order chi connectivity index (χ1) is 18.4. The number of aromatic nitrogens is 2. The van der Waals surface area contributed by atoms with Crippen LogP contribution in [0, 0.1) is 0 Å². The Hall–Kier alpha value is -3.30. The van der Waals surface area contributed by atoms with Crippen LogP contribution in [0.3, 0.4) is 0 Å². The minimum absolute atomic E-state index is 0. The van der Waals surface area contributed by atoms with Crippen LogP contribution in [0.2, 0.25) is 5.02 Å². The molecule has 0 aliphatic carbocycles. The molecule has 39 heavy (non-hydrogen) atoms. The molecular formula is C29H29Cl2N3O4S. The smallest absolute Gasteiger partial charge is 0.226 e. The van der Waals surface area contributed by atoms with Crippen molar-refractivity contribution in [1.29, 1.82) is 0 Å². The largest absolute Gasteiger partial charge is 0.497 e. The van der Waals surface area contributed by atoms with Crippen LogP contribution in [0.1, 0.15) is 12.0 Å². The van der Waals surface area contributed by atoms with E-state index in [0.717, 1.165) is 23.9 Å². The van der Waals surface area contributed by atoms with Crippen LogP contribution in [0.4, 0.5) is 0 Å². The molecular weight excluding hydrogens is 557 g/mol. The summed E-state index contributed by atoms with van der Waals surface area (Å²) in [6.45, 7) is 1.54. The Morgan fingerprint density at radius 2 is 1.74 bits per heavy atom. The van der Waals surface area contributed by atoms with Gasteiger partial charge in [0, 0.05) is 21.9 Å². The first-order valence-corrected chi connectivity index (χ1v) is 14.1. The van der Waals surface area contributed by atoms with Gasteiger partial charge in [0.05, 0.1) is 25.2 Å². The fraction of sp³-hybridized carbons (Fsp3) is 0.207. The van der Waals surface area contributed by atoms with E-state index in [0.29, 0.717) is 46.0 Å². The Labute approximate surface area is 239 Å². The predicted octanol–water partition coefficient (Wildman–Crippen LogP) is 6.14. The van der Waals surface area contributed by atoms with Gasteiger partial charge in [-0.25, -0.2) is 8.42 Å². The molecule has 1 aromatic heterocycles. The predicted molar refractivity (Wildman–Crippen MR) is 158 cm³/mol. The van der Waals surface area contributed by atoms with Gasteiger partial charge < -0.3 is 14.8 Å². The Kier molecular flexibility index (Phi) is 9.02. The molecule has 0 aliphatic rings. The van der Waals surface area contributed by atoms with Crippen molar-refractivity contribution in [3.05, 3.63) is 89.4 Å². The second kappa shape index (κ2) is 12.3. The number of nitrogens with one attached hydrogen (secondary N) is 1. The molecule has 0 saturated heterocycles. The molecule has 0 saturated carbocycles. The van der Waals surface area contributed by atoms with E-state index in [4.69, 9.17) is 21.1 Å². The third-order valence-electron chi connectivity index (χ3n) is 6.33. The molecule has 1 N–H and O–H groups in total. The van der Waals surface area contributed by atoms with Crippen molar-refractivity contribution in [2.75, 3.05) is 27.3 Å². The maximum Gasteiger partial charge on any atom is 0.226 e. The van der Waals surface area contributed by atoms with E-state index in [1.165, 1.54) is 0 Å². The number of sulfone groups is 1. The van der Waals surface area contributed by atoms with Crippen LogP contribution in [0.25, 0.3) is 21.7 Å². The number of benzene rings is 4. The second-order valence-electron chi connectivity index (χ2n) is 8.90. The van der Waals surface area contributed by atoms with Gasteiger partial charge in [-0.15, -0.1) is 12.4 Å². The van der Waals surface area contributed by atoms with Gasteiger partial charge in [0.15, 0.2) is 5.03 Å². The molecule has 7 nitrogen and oxygen atoms in total. The number of ether oxygens (including phenoxy) is 2. The van der Waals surface area contributed by atoms with Gasteiger partial charge in [0.25, 0.3) is 0 Å². The van der Waals surface area contributed by atoms with Gasteiger partial charge in [-0.1, -0.05) is 60.1 Å². The Bertz CT molecular complexity index is 1720. The molecule has 0 unspecified atom stereocenters. The summed E-state index contributed by atoms with van der Waals surface area (Å²) in [5.41, 5.74) is 1.46. The van der Waals surface area contributed by atoms with Crippen LogP contribution in [-0.4, -0.2) is 45.5 Å². The van der Waals surface area contributed by atoms with Crippen molar-refractivity contribution in [2.24, 2.45) is 0 Å². The topological polar surface area (TPSA) is 82.4 Å². The van der Waals surface area contributed by atoms with Gasteiger partial charge in [0.1, 0.15) is 17.0 Å². The van der Waals surface area contributed by atoms with E-state index in [9.17, 15) is 8.42 Å². The maximum absolute atomic E-state index is 14.2. The van der Waals surface area contributed by atoms with Crippen molar-refractivity contribution in [3.63, 3.8) is 0 Å².